The molecule has 0 saturated carbocycles. The third-order valence-corrected chi connectivity index (χ3v) is 4.72. The van der Waals surface area contributed by atoms with Crippen molar-refractivity contribution < 1.29 is 14.4 Å². The lowest BCUT2D eigenvalue weighted by atomic mass is 9.97. The van der Waals surface area contributed by atoms with E-state index in [0.717, 1.165) is 24.9 Å². The molecule has 1 aromatic carbocycles. The van der Waals surface area contributed by atoms with E-state index in [-0.39, 0.29) is 36.1 Å². The highest BCUT2D eigenvalue weighted by atomic mass is 16.2. The van der Waals surface area contributed by atoms with Gasteiger partial charge in [0, 0.05) is 24.1 Å². The fourth-order valence-corrected chi connectivity index (χ4v) is 3.38. The minimum absolute atomic E-state index is 0.0607. The first-order valence-electron chi connectivity index (χ1n) is 8.48. The fraction of sp³-hybridized carbons (Fsp3) is 0.500. The van der Waals surface area contributed by atoms with Crippen molar-refractivity contribution in [3.05, 3.63) is 35.4 Å². The van der Waals surface area contributed by atoms with E-state index in [1.54, 1.807) is 12.1 Å². The molecule has 0 aromatic heterocycles. The molecule has 3 amide bonds. The summed E-state index contributed by atoms with van der Waals surface area (Å²) in [7, 11) is 0. The Hall–Kier alpha value is -2.21. The summed E-state index contributed by atoms with van der Waals surface area (Å²) in [6, 6.07) is 7.91. The Labute approximate surface area is 141 Å². The highest BCUT2D eigenvalue weighted by molar-refractivity contribution is 6.03. The van der Waals surface area contributed by atoms with E-state index in [1.807, 2.05) is 12.1 Å². The van der Waals surface area contributed by atoms with E-state index in [0.29, 0.717) is 18.0 Å². The standard InChI is InChI=1S/C18H23N3O3/c1-11-8-15(6-7-19-11)20-17(23)13-4-2-12(3-5-13)9-14-10-16(22)21-18(14)24/h2-5,11,14-15,19H,6-10H2,1H3,(H,20,23)(H,21,22,24). The number of nitrogens with one attached hydrogen (secondary N) is 3. The van der Waals surface area contributed by atoms with Gasteiger partial charge in [-0.05, 0) is 50.4 Å². The number of rotatable bonds is 4. The molecule has 2 heterocycles. The second kappa shape index (κ2) is 7.13. The summed E-state index contributed by atoms with van der Waals surface area (Å²) in [5.74, 6) is -0.776. The summed E-state index contributed by atoms with van der Waals surface area (Å²) in [4.78, 5) is 35.2. The topological polar surface area (TPSA) is 87.3 Å². The number of benzene rings is 1. The summed E-state index contributed by atoms with van der Waals surface area (Å²) in [6.07, 6.45) is 2.65. The molecule has 3 atom stereocenters. The van der Waals surface area contributed by atoms with Crippen molar-refractivity contribution in [2.45, 2.75) is 44.7 Å². The molecule has 6 nitrogen and oxygen atoms in total. The van der Waals surface area contributed by atoms with E-state index >= 15 is 0 Å². The average molecular weight is 329 g/mol. The zero-order valence-corrected chi connectivity index (χ0v) is 13.8. The van der Waals surface area contributed by atoms with Crippen LogP contribution in [0.3, 0.4) is 0 Å². The minimum atomic E-state index is -0.298. The van der Waals surface area contributed by atoms with Crippen LogP contribution in [0.15, 0.2) is 24.3 Å². The SMILES string of the molecule is CC1CC(NC(=O)c2ccc(CC3CC(=O)NC3=O)cc2)CCN1. The van der Waals surface area contributed by atoms with Crippen LogP contribution >= 0.6 is 0 Å². The van der Waals surface area contributed by atoms with Gasteiger partial charge in [0.1, 0.15) is 0 Å². The van der Waals surface area contributed by atoms with E-state index < -0.39 is 0 Å². The second-order valence-corrected chi connectivity index (χ2v) is 6.76. The fourth-order valence-electron chi connectivity index (χ4n) is 3.38. The zero-order chi connectivity index (χ0) is 17.1. The number of imide groups is 1. The van der Waals surface area contributed by atoms with Crippen LogP contribution in [0.2, 0.25) is 0 Å². The lowest BCUT2D eigenvalue weighted by molar-refractivity contribution is -0.125. The Morgan fingerprint density at radius 1 is 1.25 bits per heavy atom. The molecule has 128 valence electrons. The average Bonchev–Trinajstić information content (AvgIpc) is 2.85. The Bertz CT molecular complexity index is 641. The summed E-state index contributed by atoms with van der Waals surface area (Å²) in [5.41, 5.74) is 1.58. The lowest BCUT2D eigenvalue weighted by Crippen LogP contribution is -2.46. The first-order valence-corrected chi connectivity index (χ1v) is 8.48. The normalized spacial score (nSPS) is 27.0. The van der Waals surface area contributed by atoms with E-state index in [2.05, 4.69) is 22.9 Å². The lowest BCUT2D eigenvalue weighted by Gasteiger charge is -2.28. The zero-order valence-electron chi connectivity index (χ0n) is 13.8. The van der Waals surface area contributed by atoms with Gasteiger partial charge in [-0.1, -0.05) is 12.1 Å². The first-order chi connectivity index (χ1) is 11.5. The molecule has 3 N–H and O–H groups in total. The third-order valence-electron chi connectivity index (χ3n) is 4.72. The molecule has 0 radical (unpaired) electrons. The maximum atomic E-state index is 12.3. The molecule has 2 fully saturated rings. The van der Waals surface area contributed by atoms with Crippen molar-refractivity contribution in [3.8, 4) is 0 Å². The quantitative estimate of drug-likeness (QED) is 0.712. The van der Waals surface area contributed by atoms with Crippen LogP contribution in [0.25, 0.3) is 0 Å². The van der Waals surface area contributed by atoms with Crippen molar-refractivity contribution >= 4 is 17.7 Å². The Morgan fingerprint density at radius 3 is 2.62 bits per heavy atom. The van der Waals surface area contributed by atoms with Crippen molar-refractivity contribution in [2.24, 2.45) is 5.92 Å². The van der Waals surface area contributed by atoms with Crippen LogP contribution in [0.4, 0.5) is 0 Å². The molecule has 3 rings (SSSR count). The molecule has 0 spiro atoms. The van der Waals surface area contributed by atoms with Crippen LogP contribution in [-0.2, 0) is 16.0 Å². The van der Waals surface area contributed by atoms with Gasteiger partial charge < -0.3 is 10.6 Å². The van der Waals surface area contributed by atoms with Crippen LogP contribution < -0.4 is 16.0 Å². The largest absolute Gasteiger partial charge is 0.349 e. The van der Waals surface area contributed by atoms with Crippen molar-refractivity contribution in [1.82, 2.24) is 16.0 Å². The van der Waals surface area contributed by atoms with E-state index in [1.165, 1.54) is 0 Å². The molecule has 2 aliphatic heterocycles. The van der Waals surface area contributed by atoms with Gasteiger partial charge in [-0.25, -0.2) is 0 Å². The van der Waals surface area contributed by atoms with Gasteiger partial charge in [0.05, 0.1) is 5.92 Å². The van der Waals surface area contributed by atoms with Gasteiger partial charge in [0.25, 0.3) is 5.91 Å². The van der Waals surface area contributed by atoms with E-state index in [4.69, 9.17) is 0 Å². The second-order valence-electron chi connectivity index (χ2n) is 6.76. The molecule has 6 heteroatoms. The predicted octanol–water partition coefficient (Wildman–Crippen LogP) is 0.762. The van der Waals surface area contributed by atoms with Crippen LogP contribution in [0, 0.1) is 5.92 Å². The monoisotopic (exact) mass is 329 g/mol. The number of carbonyl (C=O) groups excluding carboxylic acids is 3. The summed E-state index contributed by atoms with van der Waals surface area (Å²) < 4.78 is 0. The Morgan fingerprint density at radius 2 is 2.00 bits per heavy atom. The van der Waals surface area contributed by atoms with Gasteiger partial charge in [0.15, 0.2) is 0 Å². The van der Waals surface area contributed by atoms with E-state index in [9.17, 15) is 14.4 Å². The summed E-state index contributed by atoms with van der Waals surface area (Å²) >= 11 is 0. The molecule has 0 bridgehead atoms. The number of piperidine rings is 1. The smallest absolute Gasteiger partial charge is 0.251 e. The van der Waals surface area contributed by atoms with Gasteiger partial charge >= 0.3 is 0 Å². The predicted molar refractivity (Wildman–Crippen MR) is 89.4 cm³/mol. The summed E-state index contributed by atoms with van der Waals surface area (Å²) in [5, 5.41) is 8.77. The van der Waals surface area contributed by atoms with Gasteiger partial charge in [0.2, 0.25) is 11.8 Å². The van der Waals surface area contributed by atoms with Crippen LogP contribution in [0.1, 0.15) is 42.1 Å². The van der Waals surface area contributed by atoms with Crippen LogP contribution in [-0.4, -0.2) is 36.3 Å². The molecule has 2 saturated heterocycles. The molecular formula is C18H23N3O3. The molecular weight excluding hydrogens is 306 g/mol. The number of hydrogen-bond acceptors (Lipinski definition) is 4. The first kappa shape index (κ1) is 16.6. The summed E-state index contributed by atoms with van der Waals surface area (Å²) in [6.45, 7) is 3.05. The molecule has 0 aliphatic carbocycles. The molecule has 1 aromatic rings. The number of hydrogen-bond donors (Lipinski definition) is 3. The highest BCUT2D eigenvalue weighted by Crippen LogP contribution is 2.18. The third kappa shape index (κ3) is 4.00. The molecule has 3 unspecified atom stereocenters. The number of carbonyl (C=O) groups is 3. The van der Waals surface area contributed by atoms with Gasteiger partial charge in [-0.3, -0.25) is 19.7 Å². The van der Waals surface area contributed by atoms with Crippen molar-refractivity contribution in [3.63, 3.8) is 0 Å². The highest BCUT2D eigenvalue weighted by Gasteiger charge is 2.30. The van der Waals surface area contributed by atoms with Crippen molar-refractivity contribution in [2.75, 3.05) is 6.54 Å². The molecule has 24 heavy (non-hydrogen) atoms. The maximum Gasteiger partial charge on any atom is 0.251 e. The Kier molecular flexibility index (Phi) is 4.94. The number of amides is 3. The Balaban J connectivity index is 1.56. The van der Waals surface area contributed by atoms with Crippen molar-refractivity contribution in [1.29, 1.82) is 0 Å². The van der Waals surface area contributed by atoms with Crippen LogP contribution in [0.5, 0.6) is 0 Å². The van der Waals surface area contributed by atoms with Gasteiger partial charge in [-0.15, -0.1) is 0 Å². The molecule has 2 aliphatic rings. The van der Waals surface area contributed by atoms with Gasteiger partial charge in [-0.2, -0.15) is 0 Å². The minimum Gasteiger partial charge on any atom is -0.349 e. The maximum absolute atomic E-state index is 12.3.